The van der Waals surface area contributed by atoms with Gasteiger partial charge < -0.3 is 20.5 Å². The second-order valence-electron chi connectivity index (χ2n) is 4.81. The number of nitrogens with two attached hydrogens (primary N) is 1. The lowest BCUT2D eigenvalue weighted by Crippen LogP contribution is -2.40. The van der Waals surface area contributed by atoms with Gasteiger partial charge in [0.15, 0.2) is 6.29 Å². The zero-order valence-corrected chi connectivity index (χ0v) is 13.0. The van der Waals surface area contributed by atoms with Crippen molar-refractivity contribution in [3.63, 3.8) is 0 Å². The lowest BCUT2D eigenvalue weighted by atomic mass is 9.95. The van der Waals surface area contributed by atoms with Gasteiger partial charge in [-0.3, -0.25) is 4.79 Å². The maximum atomic E-state index is 12.2. The van der Waals surface area contributed by atoms with Crippen LogP contribution in [0.2, 0.25) is 0 Å². The molecule has 0 radical (unpaired) electrons. The van der Waals surface area contributed by atoms with E-state index in [9.17, 15) is 4.79 Å². The largest absolute Gasteiger partial charge is 0.351 e. The first-order valence-electron chi connectivity index (χ1n) is 7.41. The molecule has 1 aromatic carbocycles. The van der Waals surface area contributed by atoms with E-state index < -0.39 is 6.29 Å². The lowest BCUT2D eigenvalue weighted by molar-refractivity contribution is -0.142. The van der Waals surface area contributed by atoms with E-state index in [0.29, 0.717) is 19.8 Å². The van der Waals surface area contributed by atoms with Gasteiger partial charge in [0, 0.05) is 19.3 Å². The molecule has 21 heavy (non-hydrogen) atoms. The summed E-state index contributed by atoms with van der Waals surface area (Å²) in [5.41, 5.74) is 7.09. The van der Waals surface area contributed by atoms with E-state index in [1.807, 2.05) is 51.1 Å². The third-order valence-corrected chi connectivity index (χ3v) is 3.28. The number of nitrogens with one attached hydrogen (secondary N) is 1. The number of hydrogen-bond acceptors (Lipinski definition) is 4. The van der Waals surface area contributed by atoms with Crippen molar-refractivity contribution in [1.29, 1.82) is 0 Å². The van der Waals surface area contributed by atoms with Gasteiger partial charge in [0.05, 0.1) is 12.5 Å². The van der Waals surface area contributed by atoms with E-state index in [0.717, 1.165) is 5.56 Å². The Hall–Kier alpha value is -1.43. The predicted octanol–water partition coefficient (Wildman–Crippen LogP) is 1.84. The summed E-state index contributed by atoms with van der Waals surface area (Å²) < 4.78 is 10.8. The molecule has 1 amide bonds. The van der Waals surface area contributed by atoms with Crippen molar-refractivity contribution < 1.29 is 14.3 Å². The molecular formula is C16H26N2O3. The van der Waals surface area contributed by atoms with Crippen molar-refractivity contribution in [2.45, 2.75) is 33.1 Å². The molecule has 0 aliphatic heterocycles. The fourth-order valence-electron chi connectivity index (χ4n) is 2.01. The Morgan fingerprint density at radius 3 is 2.29 bits per heavy atom. The zero-order chi connectivity index (χ0) is 15.7. The Kier molecular flexibility index (Phi) is 7.97. The summed E-state index contributed by atoms with van der Waals surface area (Å²) in [6.07, 6.45) is -0.413. The first-order chi connectivity index (χ1) is 10.1. The Morgan fingerprint density at radius 1 is 1.19 bits per heavy atom. The quantitative estimate of drug-likeness (QED) is 0.682. The number of amides is 1. The summed E-state index contributed by atoms with van der Waals surface area (Å²) in [6.45, 7) is 7.01. The second kappa shape index (κ2) is 9.50. The first-order valence-corrected chi connectivity index (χ1v) is 7.41. The maximum Gasteiger partial charge on any atom is 0.224 e. The molecule has 2 atom stereocenters. The summed E-state index contributed by atoms with van der Waals surface area (Å²) in [5, 5.41) is 2.83. The molecule has 0 aliphatic carbocycles. The first kappa shape index (κ1) is 17.6. The molecule has 3 N–H and O–H groups in total. The molecule has 5 nitrogen and oxygen atoms in total. The summed E-state index contributed by atoms with van der Waals surface area (Å²) in [7, 11) is 0. The Bertz CT molecular complexity index is 405. The van der Waals surface area contributed by atoms with E-state index in [1.165, 1.54) is 0 Å². The average Bonchev–Trinajstić information content (AvgIpc) is 2.52. The highest BCUT2D eigenvalue weighted by Crippen LogP contribution is 2.18. The number of hydrogen-bond donors (Lipinski definition) is 2. The molecule has 5 heteroatoms. The lowest BCUT2D eigenvalue weighted by Gasteiger charge is -2.22. The zero-order valence-electron chi connectivity index (χ0n) is 13.0. The standard InChI is InChI=1S/C16H26N2O3/c1-4-20-14(21-5-2)11-18-16(19)12(3)15(17)13-9-7-6-8-10-13/h6-10,12,14-15H,4-5,11,17H2,1-3H3,(H,18,19). The highest BCUT2D eigenvalue weighted by molar-refractivity contribution is 5.79. The number of benzene rings is 1. The van der Waals surface area contributed by atoms with Crippen LogP contribution < -0.4 is 11.1 Å². The van der Waals surface area contributed by atoms with Crippen molar-refractivity contribution >= 4 is 5.91 Å². The fourth-order valence-corrected chi connectivity index (χ4v) is 2.01. The van der Waals surface area contributed by atoms with Crippen LogP contribution in [-0.2, 0) is 14.3 Å². The number of carbonyl (C=O) groups is 1. The minimum Gasteiger partial charge on any atom is -0.351 e. The highest BCUT2D eigenvalue weighted by atomic mass is 16.7. The minimum absolute atomic E-state index is 0.101. The van der Waals surface area contributed by atoms with Gasteiger partial charge >= 0.3 is 0 Å². The van der Waals surface area contributed by atoms with Crippen molar-refractivity contribution in [1.82, 2.24) is 5.32 Å². The summed E-state index contributed by atoms with van der Waals surface area (Å²) in [5.74, 6) is -0.424. The summed E-state index contributed by atoms with van der Waals surface area (Å²) in [4.78, 5) is 12.2. The molecule has 0 aliphatic rings. The molecule has 2 unspecified atom stereocenters. The van der Waals surface area contributed by atoms with Crippen LogP contribution in [-0.4, -0.2) is 32.0 Å². The molecule has 118 valence electrons. The molecule has 0 saturated carbocycles. The number of carbonyl (C=O) groups excluding carboxylic acids is 1. The number of ether oxygens (including phenoxy) is 2. The molecule has 0 bridgehead atoms. The van der Waals surface area contributed by atoms with Gasteiger partial charge in [-0.25, -0.2) is 0 Å². The van der Waals surface area contributed by atoms with E-state index in [2.05, 4.69) is 5.32 Å². The van der Waals surface area contributed by atoms with Crippen molar-refractivity contribution in [2.24, 2.45) is 11.7 Å². The fraction of sp³-hybridized carbons (Fsp3) is 0.562. The average molecular weight is 294 g/mol. The van der Waals surface area contributed by atoms with Crippen molar-refractivity contribution in [3.05, 3.63) is 35.9 Å². The van der Waals surface area contributed by atoms with E-state index >= 15 is 0 Å². The second-order valence-corrected chi connectivity index (χ2v) is 4.81. The van der Waals surface area contributed by atoms with Gasteiger partial charge in [0.25, 0.3) is 0 Å². The van der Waals surface area contributed by atoms with Gasteiger partial charge in [-0.2, -0.15) is 0 Å². The Balaban J connectivity index is 2.50. The van der Waals surface area contributed by atoms with Gasteiger partial charge in [-0.05, 0) is 19.4 Å². The smallest absolute Gasteiger partial charge is 0.224 e. The van der Waals surface area contributed by atoms with Gasteiger partial charge in [0.1, 0.15) is 0 Å². The van der Waals surface area contributed by atoms with Crippen LogP contribution >= 0.6 is 0 Å². The number of rotatable bonds is 9. The third-order valence-electron chi connectivity index (χ3n) is 3.28. The molecule has 0 heterocycles. The SMILES string of the molecule is CCOC(CNC(=O)C(C)C(N)c1ccccc1)OCC. The van der Waals surface area contributed by atoms with Crippen molar-refractivity contribution in [2.75, 3.05) is 19.8 Å². The summed E-state index contributed by atoms with van der Waals surface area (Å²) in [6, 6.07) is 9.29. The molecule has 1 aromatic rings. The van der Waals surface area contributed by atoms with Gasteiger partial charge in [-0.1, -0.05) is 37.3 Å². The van der Waals surface area contributed by atoms with Crippen LogP contribution in [0.1, 0.15) is 32.4 Å². The molecular weight excluding hydrogens is 268 g/mol. The molecule has 1 rings (SSSR count). The monoisotopic (exact) mass is 294 g/mol. The highest BCUT2D eigenvalue weighted by Gasteiger charge is 2.22. The predicted molar refractivity (Wildman–Crippen MR) is 82.6 cm³/mol. The summed E-state index contributed by atoms with van der Waals surface area (Å²) >= 11 is 0. The van der Waals surface area contributed by atoms with Crippen LogP contribution in [0, 0.1) is 5.92 Å². The van der Waals surface area contributed by atoms with Gasteiger partial charge in [-0.15, -0.1) is 0 Å². The van der Waals surface area contributed by atoms with E-state index in [-0.39, 0.29) is 17.9 Å². The maximum absolute atomic E-state index is 12.2. The molecule has 0 saturated heterocycles. The van der Waals surface area contributed by atoms with Crippen LogP contribution in [0.15, 0.2) is 30.3 Å². The molecule has 0 fully saturated rings. The van der Waals surface area contributed by atoms with Crippen LogP contribution in [0.25, 0.3) is 0 Å². The van der Waals surface area contributed by atoms with Crippen LogP contribution in [0.5, 0.6) is 0 Å². The van der Waals surface area contributed by atoms with E-state index in [1.54, 1.807) is 0 Å². The van der Waals surface area contributed by atoms with Crippen molar-refractivity contribution in [3.8, 4) is 0 Å². The topological polar surface area (TPSA) is 73.6 Å². The minimum atomic E-state index is -0.413. The Labute approximate surface area is 126 Å². The van der Waals surface area contributed by atoms with Crippen LogP contribution in [0.3, 0.4) is 0 Å². The molecule has 0 aromatic heterocycles. The van der Waals surface area contributed by atoms with Gasteiger partial charge in [0.2, 0.25) is 5.91 Å². The molecule has 0 spiro atoms. The third kappa shape index (κ3) is 5.83. The normalized spacial score (nSPS) is 14.0. The Morgan fingerprint density at radius 2 is 1.76 bits per heavy atom. The van der Waals surface area contributed by atoms with E-state index in [4.69, 9.17) is 15.2 Å². The van der Waals surface area contributed by atoms with Crippen LogP contribution in [0.4, 0.5) is 0 Å².